The fraction of sp³-hybridized carbons (Fsp3) is 0.836. The van der Waals surface area contributed by atoms with Crippen LogP contribution in [0.25, 0.3) is 0 Å². The first-order valence-electron chi connectivity index (χ1n) is 28.8. The molecule has 0 bridgehead atoms. The molecule has 0 spiro atoms. The van der Waals surface area contributed by atoms with Crippen molar-refractivity contribution in [2.45, 2.75) is 277 Å². The first-order chi connectivity index (χ1) is 33.9. The van der Waals surface area contributed by atoms with E-state index in [-0.39, 0.29) is 111 Å². The van der Waals surface area contributed by atoms with Gasteiger partial charge in [0.25, 0.3) is 0 Å². The van der Waals surface area contributed by atoms with Crippen molar-refractivity contribution in [3.8, 4) is 0 Å². The molecular formula is C61H110O10Si3. The maximum absolute atomic E-state index is 13.9. The second-order valence-corrected chi connectivity index (χ2v) is 42.6. The third kappa shape index (κ3) is 17.0. The number of carbonyl (C=O) groups excluding carboxylic acids is 2. The SMILES string of the molecule is C=CC[C@@H]1O[C@@H]([C@H](/C=C/C(=O)CC[C@H]2CC(=C)C(CC[C@H]3C[C@@H](C)C(=C)[C@@H](CC4O[C@H](C[C@H](C)CO[Si](C)(C)C(C)(C)C)[C@H](C)[C@H]4CC(=O)OC)O3)O2)O[Si](C)(C)C(C)(C)C)[C@@H](O[Si](C)(C)C(C)(C)C)[C@@H](C)[C@H]1C. The summed E-state index contributed by atoms with van der Waals surface area (Å²) in [6.45, 7) is 59.3. The first-order valence-corrected chi connectivity index (χ1v) is 37.5. The van der Waals surface area contributed by atoms with E-state index in [0.717, 1.165) is 49.7 Å². The van der Waals surface area contributed by atoms with Gasteiger partial charge in [0, 0.05) is 25.4 Å². The fourth-order valence-electron chi connectivity index (χ4n) is 10.7. The van der Waals surface area contributed by atoms with Crippen molar-refractivity contribution in [3.63, 3.8) is 0 Å². The Labute approximate surface area is 456 Å². The van der Waals surface area contributed by atoms with Crippen molar-refractivity contribution in [2.75, 3.05) is 13.7 Å². The molecule has 0 N–H and O–H groups in total. The summed E-state index contributed by atoms with van der Waals surface area (Å²) in [5.74, 6) is 1.13. The van der Waals surface area contributed by atoms with Gasteiger partial charge in [0.2, 0.25) is 0 Å². The Hall–Kier alpha value is -1.53. The molecule has 0 aromatic carbocycles. The van der Waals surface area contributed by atoms with Gasteiger partial charge < -0.3 is 37.0 Å². The van der Waals surface area contributed by atoms with E-state index in [0.29, 0.717) is 38.2 Å². The van der Waals surface area contributed by atoms with Gasteiger partial charge in [0.05, 0.1) is 68.5 Å². The zero-order valence-corrected chi connectivity index (χ0v) is 54.0. The van der Waals surface area contributed by atoms with Gasteiger partial charge in [0.1, 0.15) is 6.10 Å². The summed E-state index contributed by atoms with van der Waals surface area (Å²) in [5.41, 5.74) is 2.18. The van der Waals surface area contributed by atoms with Crippen molar-refractivity contribution in [1.82, 2.24) is 0 Å². The van der Waals surface area contributed by atoms with Gasteiger partial charge in [-0.05, 0) is 146 Å². The zero-order chi connectivity index (χ0) is 56.1. The molecule has 10 nitrogen and oxygen atoms in total. The standard InChI is InChI=1S/C61H110O10Si3/c1-25-26-51-43(6)44(7)57(71-74(23,24)61(15,16)17)58(69-51)52(70-73(21,22)60(12,13)14)31-28-46(62)27-29-47-35-41(4)50(66-47)32-30-48-34-40(3)42(5)54(67-48)37-55-49(36-56(63)64-18)45(8)53(68-55)33-39(2)38-65-72(19,20)59(9,10)11/h25,28,31,39-40,43-45,47-55,57-58H,1,4-5,26-27,29-30,32-38H2,2-3,6-24H3/b31-28+/t39-,40+,43+,44-,45+,47-,48-,49+,50?,51-,52-,53+,54+,55?,57-,58-/m0/s1. The summed E-state index contributed by atoms with van der Waals surface area (Å²) in [6.07, 6.45) is 11.0. The van der Waals surface area contributed by atoms with Crippen LogP contribution in [0.2, 0.25) is 54.4 Å². The Morgan fingerprint density at radius 1 is 0.743 bits per heavy atom. The molecule has 16 atom stereocenters. The van der Waals surface area contributed by atoms with Gasteiger partial charge in [0.15, 0.2) is 30.7 Å². The van der Waals surface area contributed by atoms with Crippen LogP contribution in [0, 0.1) is 35.5 Å². The predicted octanol–water partition coefficient (Wildman–Crippen LogP) is 15.2. The molecule has 13 heteroatoms. The molecule has 0 aromatic heterocycles. The van der Waals surface area contributed by atoms with E-state index in [1.54, 1.807) is 6.08 Å². The number of methoxy groups -OCH3 is 1. The van der Waals surface area contributed by atoms with Crippen LogP contribution in [0.4, 0.5) is 0 Å². The third-order valence-electron chi connectivity index (χ3n) is 19.4. The van der Waals surface area contributed by atoms with E-state index >= 15 is 0 Å². The number of ether oxygens (including phenoxy) is 5. The second-order valence-electron chi connectivity index (χ2n) is 28.2. The van der Waals surface area contributed by atoms with E-state index in [1.807, 2.05) is 12.2 Å². The number of carbonyl (C=O) groups is 2. The quantitative estimate of drug-likeness (QED) is 0.0401. The number of esters is 1. The van der Waals surface area contributed by atoms with Crippen LogP contribution in [-0.4, -0.2) is 111 Å². The lowest BCUT2D eigenvalue weighted by molar-refractivity contribution is -0.184. The molecule has 4 heterocycles. The molecule has 0 saturated carbocycles. The van der Waals surface area contributed by atoms with Gasteiger partial charge in [-0.25, -0.2) is 0 Å². The summed E-state index contributed by atoms with van der Waals surface area (Å²) >= 11 is 0. The monoisotopic (exact) mass is 1090 g/mol. The van der Waals surface area contributed by atoms with Crippen molar-refractivity contribution < 1.29 is 46.6 Å². The molecule has 4 aliphatic rings. The maximum atomic E-state index is 13.9. The molecule has 4 aliphatic heterocycles. The summed E-state index contributed by atoms with van der Waals surface area (Å²) in [5, 5.41) is 0.118. The lowest BCUT2D eigenvalue weighted by Crippen LogP contribution is -2.60. The fourth-order valence-corrected chi connectivity index (χ4v) is 14.4. The van der Waals surface area contributed by atoms with Crippen LogP contribution in [0.15, 0.2) is 49.1 Å². The van der Waals surface area contributed by atoms with Crippen LogP contribution in [0.3, 0.4) is 0 Å². The average molecular weight is 1090 g/mol. The largest absolute Gasteiger partial charge is 0.469 e. The molecule has 0 aromatic rings. The van der Waals surface area contributed by atoms with Crippen LogP contribution in [-0.2, 0) is 46.6 Å². The summed E-state index contributed by atoms with van der Waals surface area (Å²) in [6, 6.07) is 0. The highest BCUT2D eigenvalue weighted by molar-refractivity contribution is 6.75. The molecule has 4 saturated heterocycles. The van der Waals surface area contributed by atoms with Crippen molar-refractivity contribution in [3.05, 3.63) is 49.1 Å². The number of hydrogen-bond acceptors (Lipinski definition) is 10. The Morgan fingerprint density at radius 3 is 1.93 bits per heavy atom. The Kier molecular flexibility index (Phi) is 23.0. The van der Waals surface area contributed by atoms with Crippen LogP contribution in [0.1, 0.15) is 161 Å². The molecule has 0 aliphatic carbocycles. The van der Waals surface area contributed by atoms with Crippen LogP contribution >= 0.6 is 0 Å². The van der Waals surface area contributed by atoms with Gasteiger partial charge in [-0.2, -0.15) is 0 Å². The minimum absolute atomic E-state index is 0.0145. The number of hydrogen-bond donors (Lipinski definition) is 0. The van der Waals surface area contributed by atoms with E-state index in [2.05, 4.69) is 156 Å². The predicted molar refractivity (Wildman–Crippen MR) is 312 cm³/mol. The zero-order valence-electron chi connectivity index (χ0n) is 51.0. The second kappa shape index (κ2) is 26.2. The highest BCUT2D eigenvalue weighted by Gasteiger charge is 2.52. The molecule has 426 valence electrons. The Bertz CT molecular complexity index is 1910. The maximum Gasteiger partial charge on any atom is 0.305 e. The summed E-state index contributed by atoms with van der Waals surface area (Å²) in [4.78, 5) is 26.7. The molecule has 4 fully saturated rings. The van der Waals surface area contributed by atoms with E-state index in [1.165, 1.54) is 7.11 Å². The lowest BCUT2D eigenvalue weighted by atomic mass is 9.79. The van der Waals surface area contributed by atoms with E-state index in [9.17, 15) is 9.59 Å². The lowest BCUT2D eigenvalue weighted by Gasteiger charge is -2.52. The van der Waals surface area contributed by atoms with E-state index < -0.39 is 31.1 Å². The average Bonchev–Trinajstić information content (AvgIpc) is 3.78. The normalized spacial score (nSPS) is 32.8. The topological polar surface area (TPSA) is 108 Å². The van der Waals surface area contributed by atoms with Gasteiger partial charge in [-0.1, -0.05) is 122 Å². The minimum atomic E-state index is -2.33. The van der Waals surface area contributed by atoms with Gasteiger partial charge in [-0.15, -0.1) is 6.58 Å². The highest BCUT2D eigenvalue weighted by atomic mass is 28.4. The third-order valence-corrected chi connectivity index (χ3v) is 32.8. The van der Waals surface area contributed by atoms with Gasteiger partial charge >= 0.3 is 5.97 Å². The minimum Gasteiger partial charge on any atom is -0.469 e. The van der Waals surface area contributed by atoms with Crippen LogP contribution < -0.4 is 0 Å². The first kappa shape index (κ1) is 65.0. The van der Waals surface area contributed by atoms with Crippen LogP contribution in [0.5, 0.6) is 0 Å². The Balaban J connectivity index is 1.40. The molecule has 2 unspecified atom stereocenters. The molecule has 0 radical (unpaired) electrons. The van der Waals surface area contributed by atoms with Crippen molar-refractivity contribution >= 4 is 36.7 Å². The van der Waals surface area contributed by atoms with Gasteiger partial charge in [-0.3, -0.25) is 9.59 Å². The molecule has 4 rings (SSSR count). The highest BCUT2D eigenvalue weighted by Crippen LogP contribution is 2.47. The van der Waals surface area contributed by atoms with Crippen molar-refractivity contribution in [1.29, 1.82) is 0 Å². The summed E-state index contributed by atoms with van der Waals surface area (Å²) < 4.78 is 53.9. The van der Waals surface area contributed by atoms with Crippen molar-refractivity contribution in [2.24, 2.45) is 35.5 Å². The summed E-state index contributed by atoms with van der Waals surface area (Å²) in [7, 11) is -4.96. The number of allylic oxidation sites excluding steroid dienone is 1. The number of ketones is 1. The molecule has 74 heavy (non-hydrogen) atoms. The Morgan fingerprint density at radius 2 is 1.35 bits per heavy atom. The molecule has 0 amide bonds. The van der Waals surface area contributed by atoms with E-state index in [4.69, 9.17) is 37.0 Å². The molecular weight excluding hydrogens is 977 g/mol. The number of rotatable bonds is 24. The smallest absolute Gasteiger partial charge is 0.305 e.